The van der Waals surface area contributed by atoms with Gasteiger partial charge in [0.15, 0.2) is 0 Å². The first-order chi connectivity index (χ1) is 7.71. The number of methoxy groups -OCH3 is 1. The van der Waals surface area contributed by atoms with Crippen molar-refractivity contribution < 1.29 is 4.74 Å². The van der Waals surface area contributed by atoms with Gasteiger partial charge in [0.05, 0.1) is 7.11 Å². The number of aryl methyl sites for hydroxylation is 1. The Morgan fingerprint density at radius 3 is 2.75 bits per heavy atom. The van der Waals surface area contributed by atoms with Crippen LogP contribution in [0.25, 0.3) is 0 Å². The SMILES string of the molecule is CNC(CSC)Cc1cc(C)ccc1OC. The number of nitrogens with one attached hydrogen (secondary N) is 1. The van der Waals surface area contributed by atoms with Crippen LogP contribution in [0, 0.1) is 6.92 Å². The first kappa shape index (κ1) is 13.4. The van der Waals surface area contributed by atoms with Crippen molar-refractivity contribution in [3.05, 3.63) is 29.3 Å². The summed E-state index contributed by atoms with van der Waals surface area (Å²) in [6.07, 6.45) is 3.15. The van der Waals surface area contributed by atoms with E-state index >= 15 is 0 Å². The molecule has 0 aliphatic rings. The van der Waals surface area contributed by atoms with Crippen LogP contribution in [0.4, 0.5) is 0 Å². The molecule has 1 aromatic rings. The van der Waals surface area contributed by atoms with E-state index in [4.69, 9.17) is 4.74 Å². The molecule has 2 nitrogen and oxygen atoms in total. The lowest BCUT2D eigenvalue weighted by molar-refractivity contribution is 0.407. The van der Waals surface area contributed by atoms with Crippen molar-refractivity contribution in [2.75, 3.05) is 26.2 Å². The topological polar surface area (TPSA) is 21.3 Å². The van der Waals surface area contributed by atoms with Crippen molar-refractivity contribution in [1.29, 1.82) is 0 Å². The zero-order chi connectivity index (χ0) is 12.0. The highest BCUT2D eigenvalue weighted by Crippen LogP contribution is 2.21. The van der Waals surface area contributed by atoms with E-state index in [1.807, 2.05) is 18.8 Å². The number of thioether (sulfide) groups is 1. The minimum absolute atomic E-state index is 0.505. The fourth-order valence-electron chi connectivity index (χ4n) is 1.78. The third-order valence-corrected chi connectivity index (χ3v) is 3.41. The average Bonchev–Trinajstić information content (AvgIpc) is 2.29. The first-order valence-electron chi connectivity index (χ1n) is 5.51. The monoisotopic (exact) mass is 239 g/mol. The maximum atomic E-state index is 5.39. The predicted octanol–water partition coefficient (Wildman–Crippen LogP) is 2.50. The van der Waals surface area contributed by atoms with Crippen LogP contribution in [0.1, 0.15) is 11.1 Å². The molecule has 90 valence electrons. The summed E-state index contributed by atoms with van der Waals surface area (Å²) in [7, 11) is 3.75. The molecule has 1 atom stereocenters. The molecule has 0 saturated carbocycles. The normalized spacial score (nSPS) is 12.5. The average molecular weight is 239 g/mol. The van der Waals surface area contributed by atoms with E-state index in [-0.39, 0.29) is 0 Å². The van der Waals surface area contributed by atoms with E-state index in [1.165, 1.54) is 11.1 Å². The molecule has 16 heavy (non-hydrogen) atoms. The van der Waals surface area contributed by atoms with E-state index in [2.05, 4.69) is 36.7 Å². The third-order valence-electron chi connectivity index (χ3n) is 2.68. The van der Waals surface area contributed by atoms with Crippen LogP contribution in [-0.2, 0) is 6.42 Å². The lowest BCUT2D eigenvalue weighted by Crippen LogP contribution is -2.30. The van der Waals surface area contributed by atoms with Gasteiger partial charge in [-0.1, -0.05) is 17.7 Å². The minimum Gasteiger partial charge on any atom is -0.496 e. The second-order valence-corrected chi connectivity index (χ2v) is 4.87. The van der Waals surface area contributed by atoms with Crippen LogP contribution in [0.3, 0.4) is 0 Å². The van der Waals surface area contributed by atoms with Crippen molar-refractivity contribution in [3.8, 4) is 5.75 Å². The minimum atomic E-state index is 0.505. The van der Waals surface area contributed by atoms with Crippen molar-refractivity contribution in [2.24, 2.45) is 0 Å². The molecular weight excluding hydrogens is 218 g/mol. The van der Waals surface area contributed by atoms with Gasteiger partial charge < -0.3 is 10.1 Å². The maximum Gasteiger partial charge on any atom is 0.122 e. The molecule has 0 saturated heterocycles. The molecule has 1 aromatic carbocycles. The molecule has 1 N–H and O–H groups in total. The van der Waals surface area contributed by atoms with E-state index in [0.717, 1.165) is 17.9 Å². The van der Waals surface area contributed by atoms with Gasteiger partial charge in [-0.2, -0.15) is 11.8 Å². The lowest BCUT2D eigenvalue weighted by atomic mass is 10.0. The van der Waals surface area contributed by atoms with Crippen molar-refractivity contribution in [3.63, 3.8) is 0 Å². The zero-order valence-corrected chi connectivity index (χ0v) is 11.4. The summed E-state index contributed by atoms with van der Waals surface area (Å²) < 4.78 is 5.39. The lowest BCUT2D eigenvalue weighted by Gasteiger charge is -2.17. The second-order valence-electron chi connectivity index (χ2n) is 3.96. The summed E-state index contributed by atoms with van der Waals surface area (Å²) in [6.45, 7) is 2.12. The first-order valence-corrected chi connectivity index (χ1v) is 6.90. The highest BCUT2D eigenvalue weighted by Gasteiger charge is 2.10. The molecule has 1 unspecified atom stereocenters. The summed E-state index contributed by atoms with van der Waals surface area (Å²) in [5.41, 5.74) is 2.57. The zero-order valence-electron chi connectivity index (χ0n) is 10.5. The van der Waals surface area contributed by atoms with E-state index in [1.54, 1.807) is 7.11 Å². The second kappa shape index (κ2) is 6.81. The van der Waals surface area contributed by atoms with Crippen LogP contribution in [0.5, 0.6) is 5.75 Å². The molecule has 0 radical (unpaired) electrons. The summed E-state index contributed by atoms with van der Waals surface area (Å²) >= 11 is 1.87. The Hall–Kier alpha value is -0.670. The van der Waals surface area contributed by atoms with E-state index < -0.39 is 0 Å². The third kappa shape index (κ3) is 3.72. The van der Waals surface area contributed by atoms with Crippen molar-refractivity contribution >= 4 is 11.8 Å². The molecule has 0 heterocycles. The van der Waals surface area contributed by atoms with Gasteiger partial charge in [-0.3, -0.25) is 0 Å². The highest BCUT2D eigenvalue weighted by molar-refractivity contribution is 7.98. The fourth-order valence-corrected chi connectivity index (χ4v) is 2.46. The molecule has 0 fully saturated rings. The Morgan fingerprint density at radius 2 is 2.19 bits per heavy atom. The van der Waals surface area contributed by atoms with Gasteiger partial charge in [-0.05, 0) is 38.3 Å². The summed E-state index contributed by atoms with van der Waals surface area (Å²) in [5.74, 6) is 2.11. The largest absolute Gasteiger partial charge is 0.496 e. The summed E-state index contributed by atoms with van der Waals surface area (Å²) in [4.78, 5) is 0. The van der Waals surface area contributed by atoms with Gasteiger partial charge in [-0.25, -0.2) is 0 Å². The number of benzene rings is 1. The molecule has 0 aliphatic carbocycles. The van der Waals surface area contributed by atoms with Crippen LogP contribution in [0.2, 0.25) is 0 Å². The molecule has 1 rings (SSSR count). The molecule has 0 aromatic heterocycles. The van der Waals surface area contributed by atoms with Crippen LogP contribution in [0.15, 0.2) is 18.2 Å². The fraction of sp³-hybridized carbons (Fsp3) is 0.538. The van der Waals surface area contributed by atoms with Crippen molar-refractivity contribution in [1.82, 2.24) is 5.32 Å². The molecule has 0 spiro atoms. The Labute approximate surface area is 103 Å². The van der Waals surface area contributed by atoms with Gasteiger partial charge in [0.25, 0.3) is 0 Å². The Balaban J connectivity index is 2.80. The van der Waals surface area contributed by atoms with Crippen LogP contribution in [-0.4, -0.2) is 32.2 Å². The highest BCUT2D eigenvalue weighted by atomic mass is 32.2. The number of likely N-dealkylation sites (N-methyl/N-ethyl adjacent to an activating group) is 1. The molecule has 0 amide bonds. The predicted molar refractivity (Wildman–Crippen MR) is 72.7 cm³/mol. The van der Waals surface area contributed by atoms with Crippen molar-refractivity contribution in [2.45, 2.75) is 19.4 Å². The molecule has 3 heteroatoms. The van der Waals surface area contributed by atoms with Crippen LogP contribution >= 0.6 is 11.8 Å². The Kier molecular flexibility index (Phi) is 5.71. The standard InChI is InChI=1S/C13H21NOS/c1-10-5-6-13(15-3)11(7-10)8-12(14-2)9-16-4/h5-7,12,14H,8-9H2,1-4H3. The maximum absolute atomic E-state index is 5.39. The number of ether oxygens (including phenoxy) is 1. The summed E-state index contributed by atoms with van der Waals surface area (Å²) in [5, 5.41) is 3.35. The Morgan fingerprint density at radius 1 is 1.44 bits per heavy atom. The van der Waals surface area contributed by atoms with Gasteiger partial charge in [0.2, 0.25) is 0 Å². The number of hydrogen-bond acceptors (Lipinski definition) is 3. The Bertz CT molecular complexity index is 328. The van der Waals surface area contributed by atoms with E-state index in [9.17, 15) is 0 Å². The van der Waals surface area contributed by atoms with E-state index in [0.29, 0.717) is 6.04 Å². The van der Waals surface area contributed by atoms with Gasteiger partial charge in [-0.15, -0.1) is 0 Å². The quantitative estimate of drug-likeness (QED) is 0.824. The van der Waals surface area contributed by atoms with Gasteiger partial charge in [0, 0.05) is 11.8 Å². The van der Waals surface area contributed by atoms with Gasteiger partial charge >= 0.3 is 0 Å². The smallest absolute Gasteiger partial charge is 0.122 e. The number of hydrogen-bond donors (Lipinski definition) is 1. The summed E-state index contributed by atoms with van der Waals surface area (Å²) in [6, 6.07) is 6.86. The molecule has 0 bridgehead atoms. The van der Waals surface area contributed by atoms with Gasteiger partial charge in [0.1, 0.15) is 5.75 Å². The number of rotatable bonds is 6. The molecule has 0 aliphatic heterocycles. The molecular formula is C13H21NOS. The van der Waals surface area contributed by atoms with Crippen LogP contribution < -0.4 is 10.1 Å².